The third-order valence-corrected chi connectivity index (χ3v) is 5.66. The zero-order valence-electron chi connectivity index (χ0n) is 17.0. The number of aryl methyl sites for hydroxylation is 1. The summed E-state index contributed by atoms with van der Waals surface area (Å²) in [4.78, 5) is 28.5. The first-order valence-electron chi connectivity index (χ1n) is 10.1. The van der Waals surface area contributed by atoms with Crippen LogP contribution in [0.2, 0.25) is 0 Å². The first-order chi connectivity index (χ1) is 15.5. The average molecular weight is 437 g/mol. The molecule has 0 saturated carbocycles. The smallest absolute Gasteiger partial charge is 0.341 e. The molecule has 0 radical (unpaired) electrons. The van der Waals surface area contributed by atoms with Crippen LogP contribution in [0.15, 0.2) is 41.6 Å². The minimum Gasteiger partial charge on any atom is -0.487 e. The van der Waals surface area contributed by atoms with Gasteiger partial charge in [-0.05, 0) is 18.6 Å². The highest BCUT2D eigenvalue weighted by Crippen LogP contribution is 2.41. The molecule has 32 heavy (non-hydrogen) atoms. The van der Waals surface area contributed by atoms with Crippen molar-refractivity contribution in [2.45, 2.75) is 19.5 Å². The highest BCUT2D eigenvalue weighted by Gasteiger charge is 2.28. The van der Waals surface area contributed by atoms with E-state index in [2.05, 4.69) is 10.3 Å². The van der Waals surface area contributed by atoms with Crippen LogP contribution in [0.5, 0.6) is 5.75 Å². The number of imidazole rings is 1. The summed E-state index contributed by atoms with van der Waals surface area (Å²) in [6.07, 6.45) is 3.69. The fourth-order valence-corrected chi connectivity index (χ4v) is 4.15. The zero-order chi connectivity index (χ0) is 22.4. The number of carboxylic acid groups (broad SMARTS) is 1. The van der Waals surface area contributed by atoms with Gasteiger partial charge in [-0.25, -0.2) is 14.2 Å². The Morgan fingerprint density at radius 2 is 2.16 bits per heavy atom. The number of rotatable bonds is 6. The molecular weight excluding hydrogens is 417 g/mol. The van der Waals surface area contributed by atoms with Crippen molar-refractivity contribution in [3.05, 3.63) is 58.4 Å². The van der Waals surface area contributed by atoms with Crippen LogP contribution < -0.4 is 21.2 Å². The molecule has 0 spiro atoms. The van der Waals surface area contributed by atoms with E-state index >= 15 is 4.39 Å². The Labute approximate surface area is 180 Å². The van der Waals surface area contributed by atoms with Gasteiger partial charge in [-0.15, -0.1) is 0 Å². The third kappa shape index (κ3) is 3.03. The summed E-state index contributed by atoms with van der Waals surface area (Å²) in [7, 11) is 0. The van der Waals surface area contributed by atoms with Crippen molar-refractivity contribution in [1.82, 2.24) is 14.1 Å². The SMILES string of the molecule is Nc1c(F)c(NCCCn2cnc3ccccc32)c2c3c1c(=O)c(C(=O)O)cn3CCO2. The Balaban J connectivity index is 1.46. The summed E-state index contributed by atoms with van der Waals surface area (Å²) in [6, 6.07) is 7.80. The quantitative estimate of drug-likeness (QED) is 0.313. The third-order valence-electron chi connectivity index (χ3n) is 5.66. The van der Waals surface area contributed by atoms with E-state index in [4.69, 9.17) is 10.5 Å². The summed E-state index contributed by atoms with van der Waals surface area (Å²) >= 11 is 0. The predicted octanol–water partition coefficient (Wildman–Crippen LogP) is 2.67. The molecule has 0 bridgehead atoms. The molecule has 0 atom stereocenters. The first-order valence-corrected chi connectivity index (χ1v) is 10.1. The number of ether oxygens (including phenoxy) is 1. The predicted molar refractivity (Wildman–Crippen MR) is 118 cm³/mol. The fourth-order valence-electron chi connectivity index (χ4n) is 4.15. The van der Waals surface area contributed by atoms with Gasteiger partial charge in [-0.1, -0.05) is 12.1 Å². The van der Waals surface area contributed by atoms with Gasteiger partial charge in [0.15, 0.2) is 11.6 Å². The number of nitrogen functional groups attached to an aromatic ring is 1. The van der Waals surface area contributed by atoms with E-state index in [1.165, 1.54) is 6.20 Å². The number of benzene rings is 2. The Hall–Kier alpha value is -4.08. The summed E-state index contributed by atoms with van der Waals surface area (Å²) in [5, 5.41) is 12.2. The largest absolute Gasteiger partial charge is 0.487 e. The molecule has 164 valence electrons. The number of anilines is 2. The molecule has 0 fully saturated rings. The lowest BCUT2D eigenvalue weighted by atomic mass is 10.1. The van der Waals surface area contributed by atoms with Gasteiger partial charge in [0.05, 0.1) is 40.5 Å². The summed E-state index contributed by atoms with van der Waals surface area (Å²) in [5.74, 6) is -2.04. The Morgan fingerprint density at radius 3 is 2.97 bits per heavy atom. The number of aromatic nitrogens is 3. The Morgan fingerprint density at radius 1 is 1.34 bits per heavy atom. The van der Waals surface area contributed by atoms with Gasteiger partial charge in [-0.2, -0.15) is 0 Å². The second-order valence-corrected chi connectivity index (χ2v) is 7.58. The van der Waals surface area contributed by atoms with E-state index in [0.717, 1.165) is 11.0 Å². The number of nitrogens with one attached hydrogen (secondary N) is 1. The normalized spacial score (nSPS) is 12.8. The molecule has 5 rings (SSSR count). The second-order valence-electron chi connectivity index (χ2n) is 7.58. The number of halogens is 1. The fraction of sp³-hybridized carbons (Fsp3) is 0.227. The molecule has 9 nitrogen and oxygen atoms in total. The Kier molecular flexibility index (Phi) is 4.69. The zero-order valence-corrected chi connectivity index (χ0v) is 17.0. The second kappa shape index (κ2) is 7.56. The van der Waals surface area contributed by atoms with Gasteiger partial charge in [0.25, 0.3) is 0 Å². The van der Waals surface area contributed by atoms with Gasteiger partial charge < -0.3 is 30.0 Å². The standard InChI is InChI=1S/C22H20FN5O4/c23-16-17(24)15-19-21(32-9-8-27(19)10-12(20(15)29)22(30)31)18(16)25-6-3-7-28-11-26-13-4-1-2-5-14(13)28/h1-2,4-5,10-11,25H,3,6-9,24H2,(H,30,31). The minimum absolute atomic E-state index is 0.0708. The molecule has 1 aliphatic rings. The van der Waals surface area contributed by atoms with Crippen molar-refractivity contribution >= 4 is 39.3 Å². The van der Waals surface area contributed by atoms with Crippen LogP contribution in [0.1, 0.15) is 16.8 Å². The number of carboxylic acids is 1. The van der Waals surface area contributed by atoms with Gasteiger partial charge in [0.1, 0.15) is 17.9 Å². The highest BCUT2D eigenvalue weighted by atomic mass is 19.1. The van der Waals surface area contributed by atoms with Crippen LogP contribution in [0.3, 0.4) is 0 Å². The number of pyridine rings is 1. The topological polar surface area (TPSA) is 124 Å². The van der Waals surface area contributed by atoms with E-state index < -0.39 is 22.8 Å². The summed E-state index contributed by atoms with van der Waals surface area (Å²) in [6.45, 7) is 1.62. The van der Waals surface area contributed by atoms with E-state index in [1.54, 1.807) is 10.9 Å². The molecule has 10 heteroatoms. The number of nitrogens with zero attached hydrogens (tertiary/aromatic N) is 3. The highest BCUT2D eigenvalue weighted by molar-refractivity contribution is 6.03. The van der Waals surface area contributed by atoms with Crippen LogP contribution in [0.25, 0.3) is 21.9 Å². The maximum atomic E-state index is 15.2. The number of carbonyl (C=O) groups is 1. The molecule has 0 aliphatic carbocycles. The molecule has 1 aliphatic heterocycles. The van der Waals surface area contributed by atoms with Crippen molar-refractivity contribution < 1.29 is 19.0 Å². The molecule has 0 amide bonds. The lowest BCUT2D eigenvalue weighted by Crippen LogP contribution is -2.26. The van der Waals surface area contributed by atoms with Crippen molar-refractivity contribution in [1.29, 1.82) is 0 Å². The molecule has 0 unspecified atom stereocenters. The average Bonchev–Trinajstić information content (AvgIpc) is 3.20. The van der Waals surface area contributed by atoms with Gasteiger partial charge in [0, 0.05) is 19.3 Å². The van der Waals surface area contributed by atoms with Crippen molar-refractivity contribution in [2.75, 3.05) is 24.2 Å². The van der Waals surface area contributed by atoms with Gasteiger partial charge >= 0.3 is 5.97 Å². The molecule has 0 saturated heterocycles. The lowest BCUT2D eigenvalue weighted by molar-refractivity contribution is 0.0694. The van der Waals surface area contributed by atoms with Crippen LogP contribution >= 0.6 is 0 Å². The lowest BCUT2D eigenvalue weighted by Gasteiger charge is -2.25. The van der Waals surface area contributed by atoms with Crippen molar-refractivity contribution in [3.63, 3.8) is 0 Å². The van der Waals surface area contributed by atoms with Crippen LogP contribution in [-0.2, 0) is 13.1 Å². The Bertz CT molecular complexity index is 1440. The van der Waals surface area contributed by atoms with Crippen LogP contribution in [-0.4, -0.2) is 38.3 Å². The van der Waals surface area contributed by atoms with Crippen LogP contribution in [0.4, 0.5) is 15.8 Å². The molecular formula is C22H20FN5O4. The van der Waals surface area contributed by atoms with Crippen molar-refractivity contribution in [3.8, 4) is 5.75 Å². The number of hydrogen-bond acceptors (Lipinski definition) is 6. The van der Waals surface area contributed by atoms with E-state index in [-0.39, 0.29) is 29.1 Å². The molecule has 2 aromatic heterocycles. The number of hydrogen-bond donors (Lipinski definition) is 3. The number of para-hydroxylation sites is 2. The van der Waals surface area contributed by atoms with E-state index in [1.807, 2.05) is 28.8 Å². The maximum absolute atomic E-state index is 15.2. The van der Waals surface area contributed by atoms with E-state index in [9.17, 15) is 14.7 Å². The molecule has 4 N–H and O–H groups in total. The summed E-state index contributed by atoms with van der Waals surface area (Å²) < 4.78 is 24.5. The first kappa shape index (κ1) is 19.9. The van der Waals surface area contributed by atoms with E-state index in [0.29, 0.717) is 31.6 Å². The maximum Gasteiger partial charge on any atom is 0.341 e. The number of fused-ring (bicyclic) bond motifs is 1. The minimum atomic E-state index is -1.39. The number of nitrogens with two attached hydrogens (primary N) is 1. The monoisotopic (exact) mass is 437 g/mol. The molecule has 2 aromatic carbocycles. The van der Waals surface area contributed by atoms with Crippen LogP contribution in [0, 0.1) is 5.82 Å². The number of aromatic carboxylic acids is 1. The van der Waals surface area contributed by atoms with Crippen molar-refractivity contribution in [2.24, 2.45) is 0 Å². The van der Waals surface area contributed by atoms with Gasteiger partial charge in [-0.3, -0.25) is 4.79 Å². The molecule has 3 heterocycles. The van der Waals surface area contributed by atoms with Gasteiger partial charge in [0.2, 0.25) is 5.43 Å². The summed E-state index contributed by atoms with van der Waals surface area (Å²) in [5.41, 5.74) is 6.58. The molecule has 4 aromatic rings.